The Balaban J connectivity index is 0.00000136. The summed E-state index contributed by atoms with van der Waals surface area (Å²) in [4.78, 5) is 11.3. The smallest absolute Gasteiger partial charge is 0.326 e. The Kier molecular flexibility index (Phi) is 7.45. The van der Waals surface area contributed by atoms with Gasteiger partial charge in [-0.1, -0.05) is 57.2 Å². The van der Waals surface area contributed by atoms with Gasteiger partial charge < -0.3 is 5.11 Å². The molecule has 2 aromatic rings. The number of anilines is 1. The maximum atomic E-state index is 12.1. The molecule has 6 nitrogen and oxygen atoms in total. The molecule has 1 atom stereocenters. The van der Waals surface area contributed by atoms with Crippen LogP contribution >= 0.6 is 0 Å². The van der Waals surface area contributed by atoms with Crippen molar-refractivity contribution in [3.05, 3.63) is 59.7 Å². The highest BCUT2D eigenvalue weighted by Crippen LogP contribution is 2.32. The van der Waals surface area contributed by atoms with E-state index < -0.39 is 16.1 Å². The van der Waals surface area contributed by atoms with Crippen LogP contribution in [-0.4, -0.2) is 26.0 Å². The average Bonchev–Trinajstić information content (AvgIpc) is 2.64. The minimum atomic E-state index is -3.95. The van der Waals surface area contributed by atoms with Gasteiger partial charge in [-0.05, 0) is 42.0 Å². The summed E-state index contributed by atoms with van der Waals surface area (Å²) in [5.41, 5.74) is 2.38. The number of amides is 1. The summed E-state index contributed by atoms with van der Waals surface area (Å²) in [5.74, 6) is -0.262. The van der Waals surface area contributed by atoms with Crippen molar-refractivity contribution in [2.24, 2.45) is 5.92 Å². The first kappa shape index (κ1) is 21.8. The van der Waals surface area contributed by atoms with Crippen molar-refractivity contribution >= 4 is 21.8 Å². The van der Waals surface area contributed by atoms with Crippen LogP contribution in [0.25, 0.3) is 0 Å². The molecular formula is C21H30N2O4S. The van der Waals surface area contributed by atoms with E-state index in [1.54, 1.807) is 12.1 Å². The summed E-state index contributed by atoms with van der Waals surface area (Å²) >= 11 is 0. The lowest BCUT2D eigenvalue weighted by atomic mass is 9.94. The maximum Gasteiger partial charge on any atom is 0.326 e. The number of phenolic OH excluding ortho intramolecular Hbond substituents is 1. The topological polar surface area (TPSA) is 86.7 Å². The van der Waals surface area contributed by atoms with E-state index in [1.807, 2.05) is 42.8 Å². The fourth-order valence-corrected chi connectivity index (χ4v) is 4.47. The van der Waals surface area contributed by atoms with Crippen LogP contribution in [0.15, 0.2) is 48.5 Å². The molecule has 2 N–H and O–H groups in total. The minimum Gasteiger partial charge on any atom is -0.506 e. The molecule has 0 spiro atoms. The van der Waals surface area contributed by atoms with Crippen molar-refractivity contribution in [2.45, 2.75) is 40.0 Å². The van der Waals surface area contributed by atoms with Crippen molar-refractivity contribution < 1.29 is 19.7 Å². The van der Waals surface area contributed by atoms with Crippen LogP contribution in [0.3, 0.4) is 0 Å². The van der Waals surface area contributed by atoms with E-state index in [2.05, 4.69) is 19.1 Å². The largest absolute Gasteiger partial charge is 0.506 e. The van der Waals surface area contributed by atoms with Gasteiger partial charge in [0.2, 0.25) is 5.91 Å². The number of hydrogen-bond acceptors (Lipinski definition) is 4. The second-order valence-electron chi connectivity index (χ2n) is 6.67. The summed E-state index contributed by atoms with van der Waals surface area (Å²) in [6.07, 6.45) is 1.76. The third kappa shape index (κ3) is 5.48. The van der Waals surface area contributed by atoms with E-state index in [0.29, 0.717) is 5.92 Å². The third-order valence-corrected chi connectivity index (χ3v) is 5.84. The Labute approximate surface area is 168 Å². The quantitative estimate of drug-likeness (QED) is 0.793. The third-order valence-electron chi connectivity index (χ3n) is 4.39. The first-order chi connectivity index (χ1) is 13.3. The van der Waals surface area contributed by atoms with E-state index in [1.165, 1.54) is 5.56 Å². The SMILES string of the molecule is CC.CC(Cc1ccccc1)Cc1ccc(N2CCC(=O)NS2(=O)=O)c(O)c1.[HH]. The summed E-state index contributed by atoms with van der Waals surface area (Å²) in [5, 5.41) is 10.3. The molecule has 2 aromatic carbocycles. The standard InChI is InChI=1S/C19H22N2O4S.C2H6.H2/c1-14(11-15-5-3-2-4-6-15)12-16-7-8-17(18(22)13-16)21-10-9-19(23)20-26(21,24)25;1-2;/h2-8,13-14,22H,9-12H2,1H3,(H,20,23);1-2H3;1H. The zero-order valence-corrected chi connectivity index (χ0v) is 17.4. The van der Waals surface area contributed by atoms with Gasteiger partial charge in [0.15, 0.2) is 0 Å². The Morgan fingerprint density at radius 2 is 1.75 bits per heavy atom. The van der Waals surface area contributed by atoms with E-state index in [0.717, 1.165) is 22.7 Å². The number of nitrogens with zero attached hydrogens (tertiary/aromatic N) is 1. The molecule has 154 valence electrons. The second-order valence-corrected chi connectivity index (χ2v) is 8.27. The van der Waals surface area contributed by atoms with Gasteiger partial charge in [-0.15, -0.1) is 0 Å². The molecule has 1 amide bonds. The lowest BCUT2D eigenvalue weighted by Crippen LogP contribution is -2.50. The molecule has 1 unspecified atom stereocenters. The van der Waals surface area contributed by atoms with Gasteiger partial charge in [0.25, 0.3) is 0 Å². The summed E-state index contributed by atoms with van der Waals surface area (Å²) < 4.78 is 27.2. The van der Waals surface area contributed by atoms with Crippen molar-refractivity contribution in [1.82, 2.24) is 4.72 Å². The predicted molar refractivity (Wildman–Crippen MR) is 114 cm³/mol. The average molecular weight is 407 g/mol. The number of rotatable bonds is 5. The van der Waals surface area contributed by atoms with Crippen molar-refractivity contribution in [3.63, 3.8) is 0 Å². The lowest BCUT2D eigenvalue weighted by Gasteiger charge is -2.28. The first-order valence-electron chi connectivity index (χ1n) is 9.54. The summed E-state index contributed by atoms with van der Waals surface area (Å²) in [6.45, 7) is 6.16. The zero-order chi connectivity index (χ0) is 20.7. The van der Waals surface area contributed by atoms with Crippen molar-refractivity contribution in [2.75, 3.05) is 10.8 Å². The normalized spacial score (nSPS) is 16.5. The Morgan fingerprint density at radius 1 is 1.11 bits per heavy atom. The molecular weight excluding hydrogens is 376 g/mol. The van der Waals surface area contributed by atoms with Gasteiger partial charge in [-0.3, -0.25) is 4.79 Å². The molecule has 0 radical (unpaired) electrons. The van der Waals surface area contributed by atoms with Gasteiger partial charge in [0.1, 0.15) is 5.75 Å². The highest BCUT2D eigenvalue weighted by atomic mass is 32.2. The maximum absolute atomic E-state index is 12.1. The molecule has 1 heterocycles. The first-order valence-corrected chi connectivity index (χ1v) is 11.0. The minimum absolute atomic E-state index is 0. The van der Waals surface area contributed by atoms with Gasteiger partial charge in [-0.2, -0.15) is 8.42 Å². The fourth-order valence-electron chi connectivity index (χ4n) is 3.22. The Morgan fingerprint density at radius 3 is 2.36 bits per heavy atom. The van der Waals surface area contributed by atoms with Crippen molar-refractivity contribution in [3.8, 4) is 5.75 Å². The second kappa shape index (κ2) is 9.59. The molecule has 7 heteroatoms. The molecule has 1 fully saturated rings. The Hall–Kier alpha value is -2.54. The zero-order valence-electron chi connectivity index (χ0n) is 16.6. The van der Waals surface area contributed by atoms with Crippen LogP contribution in [-0.2, 0) is 27.8 Å². The van der Waals surface area contributed by atoms with Crippen molar-refractivity contribution in [1.29, 1.82) is 0 Å². The molecule has 1 aliphatic rings. The van der Waals surface area contributed by atoms with Crippen LogP contribution < -0.4 is 9.03 Å². The van der Waals surface area contributed by atoms with Crippen LogP contribution in [0.4, 0.5) is 5.69 Å². The van der Waals surface area contributed by atoms with Gasteiger partial charge in [0.05, 0.1) is 5.69 Å². The number of aromatic hydroxyl groups is 1. The molecule has 3 rings (SSSR count). The van der Waals surface area contributed by atoms with Crippen LogP contribution in [0.5, 0.6) is 5.75 Å². The number of phenols is 1. The van der Waals surface area contributed by atoms with Gasteiger partial charge >= 0.3 is 10.2 Å². The van der Waals surface area contributed by atoms with Crippen LogP contribution in [0, 0.1) is 5.92 Å². The lowest BCUT2D eigenvalue weighted by molar-refractivity contribution is -0.119. The van der Waals surface area contributed by atoms with E-state index in [9.17, 15) is 18.3 Å². The van der Waals surface area contributed by atoms with E-state index >= 15 is 0 Å². The number of hydrogen-bond donors (Lipinski definition) is 2. The Bertz CT molecular complexity index is 904. The van der Waals surface area contributed by atoms with E-state index in [4.69, 9.17) is 0 Å². The number of carbonyl (C=O) groups excluding carboxylic acids is 1. The molecule has 1 aliphatic heterocycles. The highest BCUT2D eigenvalue weighted by Gasteiger charge is 2.31. The van der Waals surface area contributed by atoms with Crippen LogP contribution in [0.1, 0.15) is 39.7 Å². The molecule has 1 saturated heterocycles. The molecule has 0 aliphatic carbocycles. The summed E-state index contributed by atoms with van der Waals surface area (Å²) in [6, 6.07) is 15.2. The van der Waals surface area contributed by atoms with Crippen LogP contribution in [0.2, 0.25) is 0 Å². The highest BCUT2D eigenvalue weighted by molar-refractivity contribution is 7.91. The predicted octanol–water partition coefficient (Wildman–Crippen LogP) is 3.66. The van der Waals surface area contributed by atoms with Gasteiger partial charge in [-0.25, -0.2) is 9.03 Å². The van der Waals surface area contributed by atoms with Gasteiger partial charge in [0, 0.05) is 14.4 Å². The monoisotopic (exact) mass is 406 g/mol. The molecule has 0 saturated carbocycles. The summed E-state index contributed by atoms with van der Waals surface area (Å²) in [7, 11) is -3.95. The van der Waals surface area contributed by atoms with E-state index in [-0.39, 0.29) is 25.8 Å². The number of carbonyl (C=O) groups is 1. The number of nitrogens with one attached hydrogen (secondary N) is 1. The number of benzene rings is 2. The molecule has 0 aromatic heterocycles. The fraction of sp³-hybridized carbons (Fsp3) is 0.381. The molecule has 0 bridgehead atoms. The molecule has 28 heavy (non-hydrogen) atoms.